The van der Waals surface area contributed by atoms with Gasteiger partial charge in [-0.2, -0.15) is 5.10 Å². The highest BCUT2D eigenvalue weighted by molar-refractivity contribution is 5.97. The normalized spacial score (nSPS) is 11.0. The number of nitro groups is 1. The van der Waals surface area contributed by atoms with Crippen LogP contribution in [0.5, 0.6) is 11.5 Å². The second-order valence-electron chi connectivity index (χ2n) is 7.48. The summed E-state index contributed by atoms with van der Waals surface area (Å²) < 4.78 is 16.7. The molecule has 0 fully saturated rings. The van der Waals surface area contributed by atoms with E-state index in [2.05, 4.69) is 16.6 Å². The largest absolute Gasteiger partial charge is 0.493 e. The van der Waals surface area contributed by atoms with Gasteiger partial charge in [0, 0.05) is 17.5 Å². The smallest absolute Gasteiger partial charge is 0.307 e. The van der Waals surface area contributed by atoms with Crippen LogP contribution in [0.15, 0.2) is 76.2 Å². The van der Waals surface area contributed by atoms with E-state index < -0.39 is 10.8 Å². The zero-order valence-corrected chi connectivity index (χ0v) is 18.5. The number of ether oxygens (including phenoxy) is 2. The van der Waals surface area contributed by atoms with Crippen LogP contribution in [0.4, 0.5) is 5.69 Å². The number of fused-ring (bicyclic) bond motifs is 1. The van der Waals surface area contributed by atoms with Gasteiger partial charge in [-0.1, -0.05) is 29.8 Å². The molecule has 34 heavy (non-hydrogen) atoms. The van der Waals surface area contributed by atoms with Crippen LogP contribution >= 0.6 is 0 Å². The summed E-state index contributed by atoms with van der Waals surface area (Å²) in [6, 6.07) is 18.9. The van der Waals surface area contributed by atoms with Crippen molar-refractivity contribution >= 4 is 28.8 Å². The quantitative estimate of drug-likeness (QED) is 0.225. The van der Waals surface area contributed by atoms with E-state index in [4.69, 9.17) is 13.9 Å². The van der Waals surface area contributed by atoms with Gasteiger partial charge in [-0.25, -0.2) is 5.43 Å². The molecule has 4 rings (SSSR count). The van der Waals surface area contributed by atoms with E-state index in [-0.39, 0.29) is 11.4 Å². The number of nitrogens with one attached hydrogen (secondary N) is 1. The van der Waals surface area contributed by atoms with E-state index in [9.17, 15) is 14.9 Å². The molecule has 1 heterocycles. The molecule has 0 aliphatic rings. The van der Waals surface area contributed by atoms with E-state index in [1.54, 1.807) is 25.3 Å². The Morgan fingerprint density at radius 2 is 1.97 bits per heavy atom. The number of non-ortho nitro benzene ring substituents is 1. The molecule has 0 aliphatic carbocycles. The van der Waals surface area contributed by atoms with E-state index in [0.29, 0.717) is 34.6 Å². The van der Waals surface area contributed by atoms with Gasteiger partial charge in [0.25, 0.3) is 5.69 Å². The van der Waals surface area contributed by atoms with Crippen molar-refractivity contribution in [3.8, 4) is 11.5 Å². The van der Waals surface area contributed by atoms with Crippen LogP contribution in [0.3, 0.4) is 0 Å². The number of hydrogen-bond donors (Lipinski definition) is 1. The molecule has 1 amide bonds. The van der Waals surface area contributed by atoms with Gasteiger partial charge in [0.05, 0.1) is 18.2 Å². The standard InChI is InChI=1S/C25H21N3O6/c1-16-4-3-5-18(10-16)15-33-22-8-6-17(11-23(22)32-2)14-26-27-25(29)24-13-19-12-20(28(30)31)7-9-21(19)34-24/h3-14H,15H2,1-2H3,(H,27,29). The van der Waals surface area contributed by atoms with Crippen molar-refractivity contribution in [1.29, 1.82) is 0 Å². The minimum atomic E-state index is -0.583. The Balaban J connectivity index is 1.40. The average molecular weight is 459 g/mol. The van der Waals surface area contributed by atoms with Gasteiger partial charge in [-0.3, -0.25) is 14.9 Å². The highest BCUT2D eigenvalue weighted by Gasteiger charge is 2.14. The molecule has 0 unspecified atom stereocenters. The Morgan fingerprint density at radius 3 is 2.74 bits per heavy atom. The first-order chi connectivity index (χ1) is 16.4. The molecule has 4 aromatic rings. The Kier molecular flexibility index (Phi) is 6.54. The van der Waals surface area contributed by atoms with Crippen molar-refractivity contribution in [1.82, 2.24) is 5.43 Å². The molecule has 1 aromatic heterocycles. The number of methoxy groups -OCH3 is 1. The molecule has 9 nitrogen and oxygen atoms in total. The van der Waals surface area contributed by atoms with Crippen LogP contribution in [-0.2, 0) is 6.61 Å². The number of nitrogens with zero attached hydrogens (tertiary/aromatic N) is 2. The number of hydrogen-bond acceptors (Lipinski definition) is 7. The van der Waals surface area contributed by atoms with Gasteiger partial charge < -0.3 is 13.9 Å². The summed E-state index contributed by atoms with van der Waals surface area (Å²) >= 11 is 0. The first kappa shape index (κ1) is 22.5. The SMILES string of the molecule is COc1cc(C=NNC(=O)c2cc3cc([N+](=O)[O-])ccc3o2)ccc1OCc1cccc(C)c1. The maximum Gasteiger partial charge on any atom is 0.307 e. The van der Waals surface area contributed by atoms with Crippen molar-refractivity contribution in [2.24, 2.45) is 5.10 Å². The van der Waals surface area contributed by atoms with Crippen LogP contribution in [0, 0.1) is 17.0 Å². The molecule has 0 saturated heterocycles. The summed E-state index contributed by atoms with van der Waals surface area (Å²) in [6.07, 6.45) is 1.46. The van der Waals surface area contributed by atoms with Gasteiger partial charge in [0.15, 0.2) is 17.3 Å². The number of carbonyl (C=O) groups excluding carboxylic acids is 1. The second-order valence-corrected chi connectivity index (χ2v) is 7.48. The van der Waals surface area contributed by atoms with Crippen LogP contribution < -0.4 is 14.9 Å². The van der Waals surface area contributed by atoms with Crippen LogP contribution in [0.25, 0.3) is 11.0 Å². The molecule has 9 heteroatoms. The number of rotatable bonds is 8. The number of hydrazone groups is 1. The first-order valence-electron chi connectivity index (χ1n) is 10.3. The summed E-state index contributed by atoms with van der Waals surface area (Å²) in [5.74, 6) is 0.522. The summed E-state index contributed by atoms with van der Waals surface area (Å²) in [6.45, 7) is 2.43. The number of benzene rings is 3. The lowest BCUT2D eigenvalue weighted by molar-refractivity contribution is -0.384. The Morgan fingerprint density at radius 1 is 1.12 bits per heavy atom. The Hall–Kier alpha value is -4.66. The first-order valence-corrected chi connectivity index (χ1v) is 10.3. The van der Waals surface area contributed by atoms with Crippen LogP contribution in [0.1, 0.15) is 27.2 Å². The van der Waals surface area contributed by atoms with Crippen molar-refractivity contribution in [2.45, 2.75) is 13.5 Å². The van der Waals surface area contributed by atoms with E-state index in [0.717, 1.165) is 11.1 Å². The summed E-state index contributed by atoms with van der Waals surface area (Å²) in [7, 11) is 1.55. The highest BCUT2D eigenvalue weighted by Crippen LogP contribution is 2.28. The lowest BCUT2D eigenvalue weighted by Crippen LogP contribution is -2.16. The van der Waals surface area contributed by atoms with E-state index in [1.165, 1.54) is 30.5 Å². The fourth-order valence-electron chi connectivity index (χ4n) is 3.32. The summed E-state index contributed by atoms with van der Waals surface area (Å²) in [4.78, 5) is 22.7. The molecule has 0 bridgehead atoms. The van der Waals surface area contributed by atoms with Crippen molar-refractivity contribution in [2.75, 3.05) is 7.11 Å². The number of amides is 1. The van der Waals surface area contributed by atoms with Gasteiger partial charge in [0.2, 0.25) is 0 Å². The fraction of sp³-hybridized carbons (Fsp3) is 0.120. The zero-order chi connectivity index (χ0) is 24.1. The van der Waals surface area contributed by atoms with E-state index >= 15 is 0 Å². The molecule has 0 aliphatic heterocycles. The summed E-state index contributed by atoms with van der Waals surface area (Å²) in [5.41, 5.74) is 5.55. The minimum Gasteiger partial charge on any atom is -0.493 e. The Bertz CT molecular complexity index is 1390. The monoisotopic (exact) mass is 459 g/mol. The maximum absolute atomic E-state index is 12.3. The lowest BCUT2D eigenvalue weighted by atomic mass is 10.1. The third-order valence-electron chi connectivity index (χ3n) is 4.98. The molecule has 3 aromatic carbocycles. The molecule has 172 valence electrons. The highest BCUT2D eigenvalue weighted by atomic mass is 16.6. The van der Waals surface area contributed by atoms with Gasteiger partial charge in [-0.15, -0.1) is 0 Å². The molecule has 0 radical (unpaired) electrons. The molecule has 1 N–H and O–H groups in total. The molecule has 0 atom stereocenters. The second kappa shape index (κ2) is 9.86. The van der Waals surface area contributed by atoms with Crippen molar-refractivity contribution in [3.63, 3.8) is 0 Å². The molecular weight excluding hydrogens is 438 g/mol. The van der Waals surface area contributed by atoms with E-state index in [1.807, 2.05) is 25.1 Å². The molecule has 0 saturated carbocycles. The third kappa shape index (κ3) is 5.21. The Labute approximate surface area is 194 Å². The topological polar surface area (TPSA) is 116 Å². The zero-order valence-electron chi connectivity index (χ0n) is 18.5. The fourth-order valence-corrected chi connectivity index (χ4v) is 3.32. The van der Waals surface area contributed by atoms with Crippen LogP contribution in [0.2, 0.25) is 0 Å². The van der Waals surface area contributed by atoms with Gasteiger partial charge >= 0.3 is 5.91 Å². The predicted octanol–water partition coefficient (Wildman–Crippen LogP) is 5.00. The van der Waals surface area contributed by atoms with Gasteiger partial charge in [0.1, 0.15) is 12.2 Å². The number of carbonyl (C=O) groups is 1. The number of furan rings is 1. The van der Waals surface area contributed by atoms with Crippen molar-refractivity contribution < 1.29 is 23.6 Å². The van der Waals surface area contributed by atoms with Crippen LogP contribution in [-0.4, -0.2) is 24.2 Å². The minimum absolute atomic E-state index is 0.00914. The average Bonchev–Trinajstić information content (AvgIpc) is 3.26. The molecule has 0 spiro atoms. The lowest BCUT2D eigenvalue weighted by Gasteiger charge is -2.11. The number of aryl methyl sites for hydroxylation is 1. The van der Waals surface area contributed by atoms with Crippen molar-refractivity contribution in [3.05, 3.63) is 99.3 Å². The predicted molar refractivity (Wildman–Crippen MR) is 126 cm³/mol. The molecular formula is C25H21N3O6. The van der Waals surface area contributed by atoms with Gasteiger partial charge in [-0.05, 0) is 48.4 Å². The summed E-state index contributed by atoms with van der Waals surface area (Å²) in [5, 5.41) is 15.3. The maximum atomic E-state index is 12.3. The third-order valence-corrected chi connectivity index (χ3v) is 4.98. The number of nitro benzene ring substituents is 1.